The molecule has 1 atom stereocenters. The molecule has 0 fully saturated rings. The number of aromatic nitrogens is 2. The van der Waals surface area contributed by atoms with Gasteiger partial charge < -0.3 is 15.0 Å². The van der Waals surface area contributed by atoms with Crippen LogP contribution in [0.15, 0.2) is 48.7 Å². The van der Waals surface area contributed by atoms with Crippen molar-refractivity contribution >= 4 is 22.9 Å². The van der Waals surface area contributed by atoms with Crippen molar-refractivity contribution in [2.45, 2.75) is 51.9 Å². The van der Waals surface area contributed by atoms with E-state index in [-0.39, 0.29) is 18.6 Å². The minimum atomic E-state index is -0.621. The van der Waals surface area contributed by atoms with Crippen molar-refractivity contribution in [1.82, 2.24) is 20.4 Å². The first-order chi connectivity index (χ1) is 14.5. The molecule has 7 heteroatoms. The van der Waals surface area contributed by atoms with E-state index in [1.165, 1.54) is 5.56 Å². The fraction of sp³-hybridized carbons (Fsp3) is 0.348. The Morgan fingerprint density at radius 1 is 1.27 bits per heavy atom. The molecule has 1 aliphatic rings. The number of aromatic amines is 1. The second-order valence-electron chi connectivity index (χ2n) is 7.89. The van der Waals surface area contributed by atoms with Gasteiger partial charge in [0, 0.05) is 18.0 Å². The largest absolute Gasteiger partial charge is 0.445 e. The maximum absolute atomic E-state index is 13.3. The van der Waals surface area contributed by atoms with Gasteiger partial charge in [0.05, 0.1) is 11.7 Å². The summed E-state index contributed by atoms with van der Waals surface area (Å²) in [6.07, 6.45) is 2.44. The minimum absolute atomic E-state index is 0.00440. The molecule has 2 heterocycles. The van der Waals surface area contributed by atoms with Gasteiger partial charge in [-0.05, 0) is 49.4 Å². The lowest BCUT2D eigenvalue weighted by Gasteiger charge is -2.34. The van der Waals surface area contributed by atoms with Gasteiger partial charge in [-0.2, -0.15) is 5.10 Å². The summed E-state index contributed by atoms with van der Waals surface area (Å²) in [5.41, 5.74) is 4.16. The number of nitrogens with one attached hydrogen (secondary N) is 2. The first-order valence-electron chi connectivity index (χ1n) is 10.2. The molecule has 0 bridgehead atoms. The normalized spacial score (nSPS) is 16.8. The molecule has 1 aromatic heterocycles. The smallest absolute Gasteiger partial charge is 0.408 e. The lowest BCUT2D eigenvalue weighted by Crippen LogP contribution is -2.51. The minimum Gasteiger partial charge on any atom is -0.445 e. The number of H-pyrrole nitrogens is 1. The maximum Gasteiger partial charge on any atom is 0.408 e. The number of amides is 2. The molecule has 0 aliphatic carbocycles. The Kier molecular flexibility index (Phi) is 5.70. The third-order valence-electron chi connectivity index (χ3n) is 5.57. The molecule has 0 spiro atoms. The zero-order chi connectivity index (χ0) is 21.1. The van der Waals surface area contributed by atoms with Crippen molar-refractivity contribution in [3.63, 3.8) is 0 Å². The summed E-state index contributed by atoms with van der Waals surface area (Å²) in [6, 6.07) is 12.9. The average Bonchev–Trinajstić information content (AvgIpc) is 3.22. The molecule has 1 aliphatic heterocycles. The molecule has 2 amide bonds. The maximum atomic E-state index is 13.3. The third-order valence-corrected chi connectivity index (χ3v) is 5.57. The van der Waals surface area contributed by atoms with Gasteiger partial charge in [-0.25, -0.2) is 4.79 Å². The molecule has 4 rings (SSSR count). The number of fused-ring (bicyclic) bond motifs is 3. The molecule has 2 aromatic carbocycles. The van der Waals surface area contributed by atoms with E-state index in [9.17, 15) is 9.59 Å². The molecule has 0 saturated carbocycles. The van der Waals surface area contributed by atoms with Gasteiger partial charge in [-0.3, -0.25) is 9.89 Å². The molecular formula is C23H26N4O3. The highest BCUT2D eigenvalue weighted by atomic mass is 16.5. The molecule has 156 valence electrons. The second kappa shape index (κ2) is 8.57. The number of rotatable bonds is 4. The molecule has 2 N–H and O–H groups in total. The first-order valence-corrected chi connectivity index (χ1v) is 10.2. The fourth-order valence-corrected chi connectivity index (χ4v) is 3.89. The van der Waals surface area contributed by atoms with Crippen molar-refractivity contribution in [2.75, 3.05) is 0 Å². The number of hydrogen-bond acceptors (Lipinski definition) is 4. The van der Waals surface area contributed by atoms with Crippen LogP contribution >= 0.6 is 0 Å². The number of carbonyl (C=O) groups is 2. The van der Waals surface area contributed by atoms with Crippen molar-refractivity contribution in [3.05, 3.63) is 65.4 Å². The monoisotopic (exact) mass is 406 g/mol. The zero-order valence-electron chi connectivity index (χ0n) is 17.2. The number of ether oxygens (including phenoxy) is 1. The van der Waals surface area contributed by atoms with E-state index in [4.69, 9.17) is 4.74 Å². The number of carbonyl (C=O) groups excluding carboxylic acids is 2. The van der Waals surface area contributed by atoms with Crippen LogP contribution in [0.1, 0.15) is 37.0 Å². The van der Waals surface area contributed by atoms with Gasteiger partial charge in [0.2, 0.25) is 5.91 Å². The lowest BCUT2D eigenvalue weighted by atomic mass is 9.93. The van der Waals surface area contributed by atoms with Crippen LogP contribution in [-0.4, -0.2) is 39.2 Å². The van der Waals surface area contributed by atoms with Crippen molar-refractivity contribution < 1.29 is 14.3 Å². The van der Waals surface area contributed by atoms with Gasteiger partial charge in [0.1, 0.15) is 12.6 Å². The van der Waals surface area contributed by atoms with Crippen LogP contribution in [0.2, 0.25) is 0 Å². The summed E-state index contributed by atoms with van der Waals surface area (Å²) in [5, 5.41) is 11.0. The molecule has 0 unspecified atom stereocenters. The summed E-state index contributed by atoms with van der Waals surface area (Å²) >= 11 is 0. The predicted molar refractivity (Wildman–Crippen MR) is 114 cm³/mol. The highest BCUT2D eigenvalue weighted by Crippen LogP contribution is 2.27. The van der Waals surface area contributed by atoms with Crippen LogP contribution in [0.3, 0.4) is 0 Å². The summed E-state index contributed by atoms with van der Waals surface area (Å²) in [6.45, 7) is 4.63. The number of aryl methyl sites for hydroxylation is 1. The quantitative estimate of drug-likeness (QED) is 0.694. The Morgan fingerprint density at radius 3 is 2.83 bits per heavy atom. The summed E-state index contributed by atoms with van der Waals surface area (Å²) in [7, 11) is 0. The number of benzene rings is 2. The Hall–Kier alpha value is -3.35. The van der Waals surface area contributed by atoms with Gasteiger partial charge in [-0.15, -0.1) is 0 Å². The van der Waals surface area contributed by atoms with Crippen LogP contribution in [0.25, 0.3) is 10.9 Å². The van der Waals surface area contributed by atoms with E-state index >= 15 is 0 Å². The van der Waals surface area contributed by atoms with E-state index in [0.29, 0.717) is 19.4 Å². The van der Waals surface area contributed by atoms with Gasteiger partial charge >= 0.3 is 6.09 Å². The summed E-state index contributed by atoms with van der Waals surface area (Å²) in [4.78, 5) is 27.5. The second-order valence-corrected chi connectivity index (χ2v) is 7.89. The number of nitrogens with zero attached hydrogens (tertiary/aromatic N) is 2. The average molecular weight is 406 g/mol. The highest BCUT2D eigenvalue weighted by Gasteiger charge is 2.31. The topological polar surface area (TPSA) is 87.3 Å². The summed E-state index contributed by atoms with van der Waals surface area (Å²) < 4.78 is 5.33. The van der Waals surface area contributed by atoms with E-state index < -0.39 is 12.1 Å². The van der Waals surface area contributed by atoms with Crippen molar-refractivity contribution in [3.8, 4) is 0 Å². The number of hydrogen-bond donors (Lipinski definition) is 2. The van der Waals surface area contributed by atoms with Gasteiger partial charge in [0.15, 0.2) is 0 Å². The van der Waals surface area contributed by atoms with Gasteiger partial charge in [0.25, 0.3) is 0 Å². The molecule has 7 nitrogen and oxygen atoms in total. The Balaban J connectivity index is 1.52. The fourth-order valence-electron chi connectivity index (χ4n) is 3.89. The van der Waals surface area contributed by atoms with Crippen molar-refractivity contribution in [2.24, 2.45) is 0 Å². The van der Waals surface area contributed by atoms with Crippen molar-refractivity contribution in [1.29, 1.82) is 0 Å². The molecule has 30 heavy (non-hydrogen) atoms. The SMILES string of the molecule is CC(C)N1Cc2c(ccc3[nH]ncc23)CC[C@@H](NC(=O)OCc2ccccc2)C1=O. The van der Waals surface area contributed by atoms with Crippen LogP contribution in [0, 0.1) is 0 Å². The molecule has 0 saturated heterocycles. The van der Waals surface area contributed by atoms with Crippen LogP contribution < -0.4 is 5.32 Å². The predicted octanol–water partition coefficient (Wildman–Crippen LogP) is 3.54. The van der Waals surface area contributed by atoms with Gasteiger partial charge in [-0.1, -0.05) is 36.4 Å². The third kappa shape index (κ3) is 4.15. The first kappa shape index (κ1) is 19.9. The van der Waals surface area contributed by atoms with Crippen LogP contribution in [0.5, 0.6) is 0 Å². The van der Waals surface area contributed by atoms with E-state index in [2.05, 4.69) is 21.6 Å². The Bertz CT molecular complexity index is 1050. The van der Waals surface area contributed by atoms with Crippen LogP contribution in [-0.2, 0) is 29.1 Å². The summed E-state index contributed by atoms with van der Waals surface area (Å²) in [5.74, 6) is -0.0900. The molecular weight excluding hydrogens is 380 g/mol. The van der Waals surface area contributed by atoms with E-state index in [1.807, 2.05) is 61.3 Å². The highest BCUT2D eigenvalue weighted by molar-refractivity contribution is 5.88. The standard InChI is InChI=1S/C23H26N4O3/c1-15(2)27-13-19-17(8-10-20-18(19)12-24-26-20)9-11-21(22(27)28)25-23(29)30-14-16-6-4-3-5-7-16/h3-8,10,12,15,21H,9,11,13-14H2,1-2H3,(H,24,26)(H,25,29)/t21-/m1/s1. The lowest BCUT2D eigenvalue weighted by molar-refractivity contribution is -0.136. The zero-order valence-corrected chi connectivity index (χ0v) is 17.2. The molecule has 0 radical (unpaired) electrons. The molecule has 3 aromatic rings. The van der Waals surface area contributed by atoms with Crippen LogP contribution in [0.4, 0.5) is 4.79 Å². The Labute approximate surface area is 175 Å². The van der Waals surface area contributed by atoms with E-state index in [0.717, 1.165) is 22.0 Å². The Morgan fingerprint density at radius 2 is 2.07 bits per heavy atom. The van der Waals surface area contributed by atoms with E-state index in [1.54, 1.807) is 0 Å². The number of alkyl carbamates (subject to hydrolysis) is 1.